The van der Waals surface area contributed by atoms with Gasteiger partial charge in [0, 0.05) is 17.8 Å². The van der Waals surface area contributed by atoms with Crippen LogP contribution in [0.2, 0.25) is 0 Å². The van der Waals surface area contributed by atoms with Gasteiger partial charge in [-0.3, -0.25) is 0 Å². The van der Waals surface area contributed by atoms with Crippen molar-refractivity contribution in [1.29, 1.82) is 0 Å². The summed E-state index contributed by atoms with van der Waals surface area (Å²) in [6, 6.07) is 3.05. The van der Waals surface area contributed by atoms with Gasteiger partial charge < -0.3 is 5.11 Å². The molecule has 0 unspecified atom stereocenters. The minimum absolute atomic E-state index is 0.261. The van der Waals surface area contributed by atoms with E-state index in [0.717, 1.165) is 5.01 Å². The van der Waals surface area contributed by atoms with Gasteiger partial charge in [0.15, 0.2) is 0 Å². The summed E-state index contributed by atoms with van der Waals surface area (Å²) in [5.41, 5.74) is 0.261. The summed E-state index contributed by atoms with van der Waals surface area (Å²) < 4.78 is 0. The highest BCUT2D eigenvalue weighted by molar-refractivity contribution is 7.98. The molecule has 0 radical (unpaired) electrons. The van der Waals surface area contributed by atoms with Crippen LogP contribution < -0.4 is 0 Å². The van der Waals surface area contributed by atoms with Crippen molar-refractivity contribution in [2.75, 3.05) is 0 Å². The normalized spacial score (nSPS) is 10.2. The molecule has 0 atom stereocenters. The highest BCUT2D eigenvalue weighted by atomic mass is 32.2. The number of hydrogen-bond donors (Lipinski definition) is 1. The summed E-state index contributed by atoms with van der Waals surface area (Å²) >= 11 is 3.06. The molecule has 0 spiro atoms. The fourth-order valence-electron chi connectivity index (χ4n) is 1.08. The van der Waals surface area contributed by atoms with Crippen molar-refractivity contribution in [2.45, 2.75) is 10.8 Å². The Kier molecular flexibility index (Phi) is 3.53. The fourth-order valence-corrected chi connectivity index (χ4v) is 2.62. The molecular weight excluding hydrogens is 244 g/mol. The minimum atomic E-state index is -0.932. The van der Waals surface area contributed by atoms with Crippen LogP contribution in [-0.4, -0.2) is 21.0 Å². The van der Waals surface area contributed by atoms with Crippen LogP contribution in [0.25, 0.3) is 0 Å². The van der Waals surface area contributed by atoms with Crippen LogP contribution in [0, 0.1) is 0 Å². The number of pyridine rings is 1. The topological polar surface area (TPSA) is 63.1 Å². The SMILES string of the molecule is O=C(O)c1ccnc(SCc2nccs2)c1. The van der Waals surface area contributed by atoms with Crippen LogP contribution in [0.15, 0.2) is 34.9 Å². The molecule has 0 saturated carbocycles. The van der Waals surface area contributed by atoms with Crippen LogP contribution in [-0.2, 0) is 5.75 Å². The third kappa shape index (κ3) is 2.80. The molecule has 16 heavy (non-hydrogen) atoms. The van der Waals surface area contributed by atoms with Gasteiger partial charge in [-0.1, -0.05) is 11.8 Å². The quantitative estimate of drug-likeness (QED) is 0.847. The van der Waals surface area contributed by atoms with E-state index in [9.17, 15) is 4.79 Å². The maximum absolute atomic E-state index is 10.7. The van der Waals surface area contributed by atoms with E-state index in [4.69, 9.17) is 5.11 Å². The Hall–Kier alpha value is -1.40. The van der Waals surface area contributed by atoms with E-state index in [1.807, 2.05) is 5.38 Å². The third-order valence-corrected chi connectivity index (χ3v) is 3.71. The molecule has 0 amide bonds. The summed E-state index contributed by atoms with van der Waals surface area (Å²) in [7, 11) is 0. The first-order valence-electron chi connectivity index (χ1n) is 4.46. The van der Waals surface area contributed by atoms with Crippen LogP contribution in [0.3, 0.4) is 0 Å². The molecule has 0 aromatic carbocycles. The maximum Gasteiger partial charge on any atom is 0.335 e. The molecule has 4 nitrogen and oxygen atoms in total. The molecule has 0 aliphatic carbocycles. The van der Waals surface area contributed by atoms with Crippen molar-refractivity contribution in [2.24, 2.45) is 0 Å². The molecule has 0 bridgehead atoms. The monoisotopic (exact) mass is 252 g/mol. The molecule has 2 rings (SSSR count). The number of nitrogens with zero attached hydrogens (tertiary/aromatic N) is 2. The van der Waals surface area contributed by atoms with E-state index in [1.54, 1.807) is 23.6 Å². The number of hydrogen-bond acceptors (Lipinski definition) is 5. The van der Waals surface area contributed by atoms with E-state index in [0.29, 0.717) is 10.8 Å². The molecule has 6 heteroatoms. The molecule has 0 saturated heterocycles. The van der Waals surface area contributed by atoms with Crippen molar-refractivity contribution >= 4 is 29.1 Å². The van der Waals surface area contributed by atoms with Crippen molar-refractivity contribution in [3.8, 4) is 0 Å². The first-order valence-corrected chi connectivity index (χ1v) is 6.33. The summed E-state index contributed by atoms with van der Waals surface area (Å²) in [4.78, 5) is 19.0. The molecule has 2 aromatic heterocycles. The Morgan fingerprint density at radius 3 is 3.00 bits per heavy atom. The molecule has 2 aromatic rings. The predicted octanol–water partition coefficient (Wildman–Crippen LogP) is 2.53. The van der Waals surface area contributed by atoms with Gasteiger partial charge in [-0.15, -0.1) is 11.3 Å². The minimum Gasteiger partial charge on any atom is -0.478 e. The van der Waals surface area contributed by atoms with E-state index in [-0.39, 0.29) is 5.56 Å². The lowest BCUT2D eigenvalue weighted by molar-refractivity contribution is 0.0696. The number of aromatic carboxylic acids is 1. The van der Waals surface area contributed by atoms with Crippen molar-refractivity contribution in [3.63, 3.8) is 0 Å². The lowest BCUT2D eigenvalue weighted by atomic mass is 10.3. The lowest BCUT2D eigenvalue weighted by Gasteiger charge is -1.99. The Bertz CT molecular complexity index is 485. The van der Waals surface area contributed by atoms with E-state index >= 15 is 0 Å². The van der Waals surface area contributed by atoms with Crippen LogP contribution in [0.4, 0.5) is 0 Å². The third-order valence-electron chi connectivity index (χ3n) is 1.81. The van der Waals surface area contributed by atoms with E-state index < -0.39 is 5.97 Å². The van der Waals surface area contributed by atoms with Gasteiger partial charge in [0.25, 0.3) is 0 Å². The first-order chi connectivity index (χ1) is 7.75. The highest BCUT2D eigenvalue weighted by Gasteiger charge is 2.05. The predicted molar refractivity (Wildman–Crippen MR) is 62.9 cm³/mol. The van der Waals surface area contributed by atoms with Gasteiger partial charge in [0.1, 0.15) is 5.01 Å². The number of thiazole rings is 1. The van der Waals surface area contributed by atoms with Crippen molar-refractivity contribution < 1.29 is 9.90 Å². The summed E-state index contributed by atoms with van der Waals surface area (Å²) in [6.45, 7) is 0. The second kappa shape index (κ2) is 5.09. The van der Waals surface area contributed by atoms with Gasteiger partial charge in [-0.2, -0.15) is 0 Å². The molecule has 2 heterocycles. The van der Waals surface area contributed by atoms with E-state index in [2.05, 4.69) is 9.97 Å². The van der Waals surface area contributed by atoms with Crippen molar-refractivity contribution in [1.82, 2.24) is 9.97 Å². The largest absolute Gasteiger partial charge is 0.478 e. The van der Waals surface area contributed by atoms with Crippen LogP contribution in [0.1, 0.15) is 15.4 Å². The Balaban J connectivity index is 2.04. The standard InChI is InChI=1S/C10H8N2O2S2/c13-10(14)7-1-2-11-8(5-7)16-6-9-12-3-4-15-9/h1-5H,6H2,(H,13,14). The summed E-state index contributed by atoms with van der Waals surface area (Å²) in [6.07, 6.45) is 3.26. The second-order valence-electron chi connectivity index (χ2n) is 2.90. The Labute approximate surface area is 100 Å². The summed E-state index contributed by atoms with van der Waals surface area (Å²) in [5, 5.41) is 12.4. The zero-order valence-electron chi connectivity index (χ0n) is 8.16. The van der Waals surface area contributed by atoms with Crippen LogP contribution in [0.5, 0.6) is 0 Å². The highest BCUT2D eigenvalue weighted by Crippen LogP contribution is 2.22. The second-order valence-corrected chi connectivity index (χ2v) is 4.88. The smallest absolute Gasteiger partial charge is 0.335 e. The lowest BCUT2D eigenvalue weighted by Crippen LogP contribution is -1.96. The number of aromatic nitrogens is 2. The van der Waals surface area contributed by atoms with Crippen molar-refractivity contribution in [3.05, 3.63) is 40.5 Å². The number of carboxylic acids is 1. The number of thioether (sulfide) groups is 1. The number of rotatable bonds is 4. The molecular formula is C10H8N2O2S2. The summed E-state index contributed by atoms with van der Waals surface area (Å²) in [5.74, 6) is -0.216. The first kappa shape index (κ1) is 11.1. The number of carbonyl (C=O) groups is 1. The average Bonchev–Trinajstić information content (AvgIpc) is 2.79. The van der Waals surface area contributed by atoms with Gasteiger partial charge in [0.05, 0.1) is 16.3 Å². The Morgan fingerprint density at radius 2 is 2.31 bits per heavy atom. The van der Waals surface area contributed by atoms with Gasteiger partial charge in [-0.25, -0.2) is 14.8 Å². The van der Waals surface area contributed by atoms with E-state index in [1.165, 1.54) is 24.0 Å². The fraction of sp³-hybridized carbons (Fsp3) is 0.100. The molecule has 0 fully saturated rings. The van der Waals surface area contributed by atoms with Gasteiger partial charge >= 0.3 is 5.97 Å². The van der Waals surface area contributed by atoms with Gasteiger partial charge in [0.2, 0.25) is 0 Å². The average molecular weight is 252 g/mol. The number of carboxylic acid groups (broad SMARTS) is 1. The molecule has 82 valence electrons. The molecule has 0 aliphatic rings. The molecule has 0 aliphatic heterocycles. The van der Waals surface area contributed by atoms with Crippen LogP contribution >= 0.6 is 23.1 Å². The zero-order valence-corrected chi connectivity index (χ0v) is 9.79. The zero-order chi connectivity index (χ0) is 11.4. The molecule has 1 N–H and O–H groups in total. The Morgan fingerprint density at radius 1 is 1.44 bits per heavy atom. The maximum atomic E-state index is 10.7. The van der Waals surface area contributed by atoms with Gasteiger partial charge in [-0.05, 0) is 12.1 Å².